The van der Waals surface area contributed by atoms with Gasteiger partial charge in [-0.1, -0.05) is 35.9 Å². The number of nitrogens with zero attached hydrogens (tertiary/aromatic N) is 3. The van der Waals surface area contributed by atoms with Gasteiger partial charge in [0.15, 0.2) is 0 Å². The second-order valence-electron chi connectivity index (χ2n) is 4.39. The van der Waals surface area contributed by atoms with Gasteiger partial charge in [0.1, 0.15) is 10.7 Å². The summed E-state index contributed by atoms with van der Waals surface area (Å²) in [5.74, 6) is -1.23. The SMILES string of the molecule is Nc1nc(N)nc(NC2=C(Cl)C(=O)c3ccccc3C2=O)n1. The van der Waals surface area contributed by atoms with Gasteiger partial charge in [0.05, 0.1) is 0 Å². The number of benzene rings is 1. The zero-order chi connectivity index (χ0) is 15.9. The summed E-state index contributed by atoms with van der Waals surface area (Å²) in [4.78, 5) is 35.8. The number of fused-ring (bicyclic) bond motifs is 1. The quantitative estimate of drug-likeness (QED) is 0.745. The van der Waals surface area contributed by atoms with Gasteiger partial charge in [0.2, 0.25) is 29.4 Å². The van der Waals surface area contributed by atoms with Crippen LogP contribution in [0.15, 0.2) is 35.0 Å². The molecule has 1 aromatic heterocycles. The number of carbonyl (C=O) groups excluding carboxylic acids is 2. The molecule has 5 N–H and O–H groups in total. The van der Waals surface area contributed by atoms with Crippen LogP contribution in [0.5, 0.6) is 0 Å². The van der Waals surface area contributed by atoms with Crippen LogP contribution in [0.3, 0.4) is 0 Å². The largest absolute Gasteiger partial charge is 0.368 e. The molecule has 0 radical (unpaired) electrons. The lowest BCUT2D eigenvalue weighted by molar-refractivity contribution is 0.0982. The van der Waals surface area contributed by atoms with Gasteiger partial charge in [-0.3, -0.25) is 9.59 Å². The Bertz CT molecular complexity index is 828. The molecule has 0 fully saturated rings. The molecule has 0 bridgehead atoms. The van der Waals surface area contributed by atoms with Crippen molar-refractivity contribution >= 4 is 41.0 Å². The average molecular weight is 317 g/mol. The number of aromatic nitrogens is 3. The lowest BCUT2D eigenvalue weighted by atomic mass is 9.92. The first-order chi connectivity index (χ1) is 10.5. The second-order valence-corrected chi connectivity index (χ2v) is 4.77. The number of nitrogens with one attached hydrogen (secondary N) is 1. The van der Waals surface area contributed by atoms with Crippen LogP contribution in [-0.2, 0) is 0 Å². The van der Waals surface area contributed by atoms with E-state index in [1.54, 1.807) is 12.1 Å². The van der Waals surface area contributed by atoms with E-state index in [0.717, 1.165) is 0 Å². The number of halogens is 1. The van der Waals surface area contributed by atoms with E-state index in [9.17, 15) is 9.59 Å². The number of hydrogen-bond acceptors (Lipinski definition) is 8. The van der Waals surface area contributed by atoms with E-state index >= 15 is 0 Å². The molecule has 3 rings (SSSR count). The number of rotatable bonds is 2. The summed E-state index contributed by atoms with van der Waals surface area (Å²) in [6.45, 7) is 0. The van der Waals surface area contributed by atoms with Gasteiger partial charge in [0, 0.05) is 11.1 Å². The summed E-state index contributed by atoms with van der Waals surface area (Å²) in [5.41, 5.74) is 11.3. The van der Waals surface area contributed by atoms with Crippen molar-refractivity contribution in [3.63, 3.8) is 0 Å². The predicted molar refractivity (Wildman–Crippen MR) is 80.3 cm³/mol. The highest BCUT2D eigenvalue weighted by Crippen LogP contribution is 2.28. The number of ketones is 2. The van der Waals surface area contributed by atoms with E-state index in [0.29, 0.717) is 0 Å². The molecule has 1 aliphatic carbocycles. The molecule has 0 aliphatic heterocycles. The van der Waals surface area contributed by atoms with E-state index in [-0.39, 0.29) is 39.7 Å². The molecule has 0 spiro atoms. The Hall–Kier alpha value is -3.00. The highest BCUT2D eigenvalue weighted by molar-refractivity contribution is 6.50. The molecule has 1 aliphatic rings. The standard InChI is InChI=1S/C13H9ClN6O2/c14-7-8(17-13-19-11(15)18-12(16)20-13)10(22)6-4-2-1-3-5(6)9(7)21/h1-4H,(H5,15,16,17,18,19,20). The van der Waals surface area contributed by atoms with Crippen LogP contribution >= 0.6 is 11.6 Å². The Kier molecular flexibility index (Phi) is 3.22. The number of nitrogen functional groups attached to an aromatic ring is 2. The molecule has 1 aromatic carbocycles. The maximum atomic E-state index is 12.5. The molecule has 0 amide bonds. The fourth-order valence-corrected chi connectivity index (χ4v) is 2.27. The third-order valence-corrected chi connectivity index (χ3v) is 3.33. The monoisotopic (exact) mass is 316 g/mol. The van der Waals surface area contributed by atoms with Crippen LogP contribution in [0.25, 0.3) is 0 Å². The van der Waals surface area contributed by atoms with E-state index in [1.165, 1.54) is 12.1 Å². The minimum Gasteiger partial charge on any atom is -0.368 e. The Morgan fingerprint density at radius 2 is 1.45 bits per heavy atom. The molecular weight excluding hydrogens is 308 g/mol. The van der Waals surface area contributed by atoms with Crippen LogP contribution in [0.1, 0.15) is 20.7 Å². The number of nitrogens with two attached hydrogens (primary N) is 2. The first kappa shape index (κ1) is 14.0. The van der Waals surface area contributed by atoms with Crippen LogP contribution in [0.2, 0.25) is 0 Å². The zero-order valence-electron chi connectivity index (χ0n) is 11.0. The van der Waals surface area contributed by atoms with E-state index < -0.39 is 11.6 Å². The van der Waals surface area contributed by atoms with Crippen molar-refractivity contribution in [2.45, 2.75) is 0 Å². The van der Waals surface area contributed by atoms with Gasteiger partial charge in [-0.15, -0.1) is 0 Å². The van der Waals surface area contributed by atoms with Crippen molar-refractivity contribution in [2.24, 2.45) is 0 Å². The van der Waals surface area contributed by atoms with Gasteiger partial charge < -0.3 is 16.8 Å². The van der Waals surface area contributed by atoms with Gasteiger partial charge in [0.25, 0.3) is 0 Å². The summed E-state index contributed by atoms with van der Waals surface area (Å²) in [5, 5.41) is 2.34. The molecular formula is C13H9ClN6O2. The van der Waals surface area contributed by atoms with Crippen molar-refractivity contribution in [2.75, 3.05) is 16.8 Å². The molecule has 2 aromatic rings. The van der Waals surface area contributed by atoms with Gasteiger partial charge >= 0.3 is 0 Å². The van der Waals surface area contributed by atoms with Gasteiger partial charge in [-0.05, 0) is 0 Å². The highest BCUT2D eigenvalue weighted by Gasteiger charge is 2.31. The summed E-state index contributed by atoms with van der Waals surface area (Å²) in [7, 11) is 0. The Morgan fingerprint density at radius 3 is 2.05 bits per heavy atom. The van der Waals surface area contributed by atoms with Gasteiger partial charge in [-0.2, -0.15) is 15.0 Å². The van der Waals surface area contributed by atoms with Crippen LogP contribution in [0.4, 0.5) is 17.8 Å². The fraction of sp³-hybridized carbons (Fsp3) is 0. The molecule has 0 atom stereocenters. The fourth-order valence-electron chi connectivity index (χ4n) is 2.03. The number of Topliss-reactive ketones (excluding diaryl/α,β-unsaturated/α-hetero) is 2. The topological polar surface area (TPSA) is 137 Å². The smallest absolute Gasteiger partial charge is 0.233 e. The maximum absolute atomic E-state index is 12.5. The van der Waals surface area contributed by atoms with E-state index in [1.807, 2.05) is 0 Å². The summed E-state index contributed by atoms with van der Waals surface area (Å²) >= 11 is 6.00. The van der Waals surface area contributed by atoms with Crippen molar-refractivity contribution in [3.8, 4) is 0 Å². The maximum Gasteiger partial charge on any atom is 0.233 e. The van der Waals surface area contributed by atoms with E-state index in [4.69, 9.17) is 23.1 Å². The summed E-state index contributed by atoms with van der Waals surface area (Å²) in [6, 6.07) is 6.38. The van der Waals surface area contributed by atoms with Crippen LogP contribution in [0, 0.1) is 0 Å². The molecule has 110 valence electrons. The second kappa shape index (κ2) is 5.08. The van der Waals surface area contributed by atoms with Crippen molar-refractivity contribution < 1.29 is 9.59 Å². The van der Waals surface area contributed by atoms with Crippen molar-refractivity contribution in [3.05, 3.63) is 46.1 Å². The van der Waals surface area contributed by atoms with E-state index in [2.05, 4.69) is 20.3 Å². The third kappa shape index (κ3) is 2.25. The number of hydrogen-bond donors (Lipinski definition) is 3. The Morgan fingerprint density at radius 1 is 0.909 bits per heavy atom. The number of carbonyl (C=O) groups is 2. The van der Waals surface area contributed by atoms with Crippen LogP contribution in [-0.4, -0.2) is 26.5 Å². The molecule has 1 heterocycles. The van der Waals surface area contributed by atoms with Crippen LogP contribution < -0.4 is 16.8 Å². The third-order valence-electron chi connectivity index (χ3n) is 2.97. The minimum atomic E-state index is -0.464. The molecule has 0 unspecified atom stereocenters. The highest BCUT2D eigenvalue weighted by atomic mass is 35.5. The zero-order valence-corrected chi connectivity index (χ0v) is 11.8. The first-order valence-electron chi connectivity index (χ1n) is 6.09. The first-order valence-corrected chi connectivity index (χ1v) is 6.47. The summed E-state index contributed by atoms with van der Waals surface area (Å²) in [6.07, 6.45) is 0. The predicted octanol–water partition coefficient (Wildman–Crippen LogP) is 0.977. The molecule has 0 saturated heterocycles. The normalized spacial score (nSPS) is 14.0. The Balaban J connectivity index is 2.05. The number of allylic oxidation sites excluding steroid dienone is 2. The lowest BCUT2D eigenvalue weighted by Gasteiger charge is -2.18. The average Bonchev–Trinajstić information content (AvgIpc) is 2.48. The molecule has 8 nitrogen and oxygen atoms in total. The molecule has 0 saturated carbocycles. The molecule has 9 heteroatoms. The Labute approximate surface area is 129 Å². The molecule has 22 heavy (non-hydrogen) atoms. The van der Waals surface area contributed by atoms with Crippen molar-refractivity contribution in [1.82, 2.24) is 15.0 Å². The van der Waals surface area contributed by atoms with Gasteiger partial charge in [-0.25, -0.2) is 0 Å². The lowest BCUT2D eigenvalue weighted by Crippen LogP contribution is -2.25. The minimum absolute atomic E-state index is 0.0707. The van der Waals surface area contributed by atoms with Crippen molar-refractivity contribution in [1.29, 1.82) is 0 Å². The summed E-state index contributed by atoms with van der Waals surface area (Å²) < 4.78 is 0. The number of anilines is 3.